The van der Waals surface area contributed by atoms with E-state index in [1.807, 2.05) is 0 Å². The highest BCUT2D eigenvalue weighted by molar-refractivity contribution is 7.12. The fourth-order valence-electron chi connectivity index (χ4n) is 2.79. The van der Waals surface area contributed by atoms with Gasteiger partial charge in [0.25, 0.3) is 5.91 Å². The van der Waals surface area contributed by atoms with Crippen LogP contribution in [0.15, 0.2) is 11.4 Å². The predicted octanol–water partition coefficient (Wildman–Crippen LogP) is 1.92. The Morgan fingerprint density at radius 3 is 2.95 bits per heavy atom. The van der Waals surface area contributed by atoms with Crippen LogP contribution < -0.4 is 5.32 Å². The quantitative estimate of drug-likeness (QED) is 0.594. The van der Waals surface area contributed by atoms with Crippen molar-refractivity contribution < 1.29 is 14.7 Å². The van der Waals surface area contributed by atoms with Gasteiger partial charge in [-0.25, -0.2) is 0 Å². The zero-order valence-electron chi connectivity index (χ0n) is 13.0. The van der Waals surface area contributed by atoms with Crippen LogP contribution in [0.5, 0.6) is 0 Å². The molecule has 122 valence electrons. The Morgan fingerprint density at radius 2 is 2.27 bits per heavy atom. The van der Waals surface area contributed by atoms with Crippen molar-refractivity contribution in [3.63, 3.8) is 0 Å². The molecule has 2 N–H and O–H groups in total. The lowest BCUT2D eigenvalue weighted by Gasteiger charge is -2.34. The van der Waals surface area contributed by atoms with Gasteiger partial charge in [-0.1, -0.05) is 6.42 Å². The third kappa shape index (κ3) is 4.63. The average molecular weight is 324 g/mol. The number of aliphatic hydroxyl groups is 1. The van der Waals surface area contributed by atoms with Crippen LogP contribution >= 0.6 is 11.3 Å². The van der Waals surface area contributed by atoms with Crippen LogP contribution in [-0.2, 0) is 0 Å². The van der Waals surface area contributed by atoms with Gasteiger partial charge in [-0.05, 0) is 38.8 Å². The molecule has 1 aromatic heterocycles. The van der Waals surface area contributed by atoms with Gasteiger partial charge >= 0.3 is 0 Å². The summed E-state index contributed by atoms with van der Waals surface area (Å²) in [5.41, 5.74) is 0.557. The molecular weight excluding hydrogens is 300 g/mol. The zero-order valence-corrected chi connectivity index (χ0v) is 13.8. The van der Waals surface area contributed by atoms with E-state index < -0.39 is 0 Å². The highest BCUT2D eigenvalue weighted by atomic mass is 32.1. The van der Waals surface area contributed by atoms with Crippen LogP contribution in [0.2, 0.25) is 0 Å². The van der Waals surface area contributed by atoms with Gasteiger partial charge < -0.3 is 10.4 Å². The Balaban J connectivity index is 1.71. The number of aliphatic hydroxyl groups excluding tert-OH is 1. The van der Waals surface area contributed by atoms with E-state index in [4.69, 9.17) is 0 Å². The highest BCUT2D eigenvalue weighted by Gasteiger charge is 2.20. The van der Waals surface area contributed by atoms with Gasteiger partial charge in [0.05, 0.1) is 17.0 Å². The molecule has 6 heteroatoms. The Kier molecular flexibility index (Phi) is 6.54. The molecule has 1 aliphatic rings. The fourth-order valence-corrected chi connectivity index (χ4v) is 3.58. The normalized spacial score (nSPS) is 19.1. The SMILES string of the molecule is CC(=O)c1cc(C(=O)NCCCN2CCCC[C@@H]2CO)cs1. The summed E-state index contributed by atoms with van der Waals surface area (Å²) in [7, 11) is 0. The minimum absolute atomic E-state index is 0.0100. The number of carbonyl (C=O) groups is 2. The first-order chi connectivity index (χ1) is 10.6. The second kappa shape index (κ2) is 8.41. The van der Waals surface area contributed by atoms with Crippen molar-refractivity contribution in [2.45, 2.75) is 38.6 Å². The summed E-state index contributed by atoms with van der Waals surface area (Å²) in [6.45, 7) is 4.26. The molecule has 0 saturated carbocycles. The monoisotopic (exact) mass is 324 g/mol. The molecular formula is C16H24N2O3S. The number of thiophene rings is 1. The number of likely N-dealkylation sites (tertiary alicyclic amines) is 1. The molecule has 1 aliphatic heterocycles. The van der Waals surface area contributed by atoms with E-state index in [1.165, 1.54) is 31.1 Å². The van der Waals surface area contributed by atoms with Crippen LogP contribution in [0.4, 0.5) is 0 Å². The summed E-state index contributed by atoms with van der Waals surface area (Å²) in [5.74, 6) is -0.134. The van der Waals surface area contributed by atoms with E-state index >= 15 is 0 Å². The second-order valence-electron chi connectivity index (χ2n) is 5.73. The number of rotatable bonds is 7. The van der Waals surface area contributed by atoms with Crippen LogP contribution in [0.25, 0.3) is 0 Å². The molecule has 0 spiro atoms. The van der Waals surface area contributed by atoms with Crippen LogP contribution in [0.1, 0.15) is 52.6 Å². The molecule has 1 amide bonds. The predicted molar refractivity (Wildman–Crippen MR) is 87.6 cm³/mol. The average Bonchev–Trinajstić information content (AvgIpc) is 3.02. The summed E-state index contributed by atoms with van der Waals surface area (Å²) < 4.78 is 0. The van der Waals surface area contributed by atoms with E-state index in [9.17, 15) is 14.7 Å². The van der Waals surface area contributed by atoms with Crippen molar-refractivity contribution >= 4 is 23.0 Å². The van der Waals surface area contributed by atoms with Gasteiger partial charge in [0.2, 0.25) is 0 Å². The Morgan fingerprint density at radius 1 is 1.45 bits per heavy atom. The first kappa shape index (κ1) is 17.1. The molecule has 2 rings (SSSR count). The van der Waals surface area contributed by atoms with Gasteiger partial charge in [-0.15, -0.1) is 11.3 Å². The Hall–Kier alpha value is -1.24. The maximum absolute atomic E-state index is 12.0. The molecule has 22 heavy (non-hydrogen) atoms. The molecule has 5 nitrogen and oxygen atoms in total. The Labute approximate surface area is 135 Å². The van der Waals surface area contributed by atoms with Gasteiger partial charge in [-0.2, -0.15) is 0 Å². The largest absolute Gasteiger partial charge is 0.395 e. The first-order valence-electron chi connectivity index (χ1n) is 7.84. The van der Waals surface area contributed by atoms with Crippen molar-refractivity contribution in [3.05, 3.63) is 21.9 Å². The lowest BCUT2D eigenvalue weighted by molar-refractivity contribution is 0.0868. The van der Waals surface area contributed by atoms with Crippen molar-refractivity contribution in [2.75, 3.05) is 26.2 Å². The molecule has 0 bridgehead atoms. The second-order valence-corrected chi connectivity index (χ2v) is 6.64. The number of piperidine rings is 1. The molecule has 0 radical (unpaired) electrons. The molecule has 1 fully saturated rings. The summed E-state index contributed by atoms with van der Waals surface area (Å²) in [6.07, 6.45) is 4.30. The van der Waals surface area contributed by atoms with Gasteiger partial charge in [0, 0.05) is 24.5 Å². The van der Waals surface area contributed by atoms with Crippen molar-refractivity contribution in [3.8, 4) is 0 Å². The molecule has 1 atom stereocenters. The Bertz CT molecular complexity index is 515. The summed E-state index contributed by atoms with van der Waals surface area (Å²) in [4.78, 5) is 26.1. The smallest absolute Gasteiger partial charge is 0.252 e. The van der Waals surface area contributed by atoms with E-state index in [0.29, 0.717) is 17.0 Å². The van der Waals surface area contributed by atoms with Crippen molar-refractivity contribution in [1.82, 2.24) is 10.2 Å². The van der Waals surface area contributed by atoms with Crippen LogP contribution in [0.3, 0.4) is 0 Å². The summed E-state index contributed by atoms with van der Waals surface area (Å²) in [6, 6.07) is 1.92. The number of ketones is 1. The number of amides is 1. The van der Waals surface area contributed by atoms with Gasteiger partial charge in [-0.3, -0.25) is 14.5 Å². The van der Waals surface area contributed by atoms with Crippen LogP contribution in [-0.4, -0.2) is 54.0 Å². The molecule has 2 heterocycles. The summed E-state index contributed by atoms with van der Waals surface area (Å²) >= 11 is 1.30. The van der Waals surface area contributed by atoms with Gasteiger partial charge in [0.1, 0.15) is 0 Å². The first-order valence-corrected chi connectivity index (χ1v) is 8.72. The maximum Gasteiger partial charge on any atom is 0.252 e. The number of carbonyl (C=O) groups excluding carboxylic acids is 2. The van der Waals surface area contributed by atoms with E-state index in [0.717, 1.165) is 25.9 Å². The minimum Gasteiger partial charge on any atom is -0.395 e. The number of Topliss-reactive ketones (excluding diaryl/α,β-unsaturated/α-hetero) is 1. The van der Waals surface area contributed by atoms with Crippen molar-refractivity contribution in [1.29, 1.82) is 0 Å². The maximum atomic E-state index is 12.0. The van der Waals surface area contributed by atoms with Crippen LogP contribution in [0, 0.1) is 0 Å². The minimum atomic E-state index is -0.124. The topological polar surface area (TPSA) is 69.6 Å². The third-order valence-corrected chi connectivity index (χ3v) is 5.11. The van der Waals surface area contributed by atoms with E-state index in [1.54, 1.807) is 11.4 Å². The van der Waals surface area contributed by atoms with E-state index in [-0.39, 0.29) is 24.3 Å². The molecule has 0 aliphatic carbocycles. The summed E-state index contributed by atoms with van der Waals surface area (Å²) in [5, 5.41) is 14.0. The van der Waals surface area contributed by atoms with E-state index in [2.05, 4.69) is 10.2 Å². The molecule has 1 saturated heterocycles. The molecule has 0 aromatic carbocycles. The third-order valence-electron chi connectivity index (χ3n) is 4.08. The lowest BCUT2D eigenvalue weighted by Crippen LogP contribution is -2.43. The van der Waals surface area contributed by atoms with Crippen molar-refractivity contribution in [2.24, 2.45) is 0 Å². The highest BCUT2D eigenvalue weighted by Crippen LogP contribution is 2.17. The zero-order chi connectivity index (χ0) is 15.9. The number of hydrogen-bond acceptors (Lipinski definition) is 5. The fraction of sp³-hybridized carbons (Fsp3) is 0.625. The van der Waals surface area contributed by atoms with Gasteiger partial charge in [0.15, 0.2) is 5.78 Å². The number of nitrogens with zero attached hydrogens (tertiary/aromatic N) is 1. The molecule has 1 aromatic rings. The number of nitrogens with one attached hydrogen (secondary N) is 1. The lowest BCUT2D eigenvalue weighted by atomic mass is 10.0. The standard InChI is InChI=1S/C16H24N2O3S/c1-12(20)15-9-13(11-22-15)16(21)17-6-4-8-18-7-3-2-5-14(18)10-19/h9,11,14,19H,2-8,10H2,1H3,(H,17,21)/t14-/m1/s1. The molecule has 0 unspecified atom stereocenters. The number of hydrogen-bond donors (Lipinski definition) is 2.